The number of nitrogens with two attached hydrogens (primary N) is 1. The Morgan fingerprint density at radius 2 is 1.83 bits per heavy atom. The summed E-state index contributed by atoms with van der Waals surface area (Å²) in [5.74, 6) is -2.99. The number of carbonyl (C=O) groups is 4. The second kappa shape index (κ2) is 11.2. The largest absolute Gasteiger partial charge is 0.451 e. The third-order valence-electron chi connectivity index (χ3n) is 5.47. The van der Waals surface area contributed by atoms with Crippen molar-refractivity contribution in [2.45, 2.75) is 73.0 Å². The minimum Gasteiger partial charge on any atom is -0.451 e. The number of primary sulfonamides is 1. The van der Waals surface area contributed by atoms with Crippen molar-refractivity contribution in [3.8, 4) is 0 Å². The third-order valence-corrected chi connectivity index (χ3v) is 10.8. The Balaban J connectivity index is 2.16. The molecule has 0 aromatic carbocycles. The molecule has 2 heterocycles. The Hall–Kier alpha value is -2.56. The minimum atomic E-state index is -4.17. The number of hydrogen-bond acceptors (Lipinski definition) is 11. The van der Waals surface area contributed by atoms with E-state index in [1.165, 1.54) is 31.7 Å². The molecule has 0 aliphatic carbocycles. The molecule has 0 bridgehead atoms. The molecular weight excluding hydrogens is 538 g/mol. The zero-order valence-corrected chi connectivity index (χ0v) is 22.8. The van der Waals surface area contributed by atoms with Crippen molar-refractivity contribution in [2.24, 2.45) is 5.14 Å². The number of ether oxygens (including phenoxy) is 2. The van der Waals surface area contributed by atoms with Crippen LogP contribution in [0.2, 0.25) is 0 Å². The lowest BCUT2D eigenvalue weighted by Crippen LogP contribution is -2.46. The zero-order chi connectivity index (χ0) is 27.6. The maximum atomic E-state index is 13.0. The highest BCUT2D eigenvalue weighted by Gasteiger charge is 2.42. The number of fused-ring (bicyclic) bond motifs is 1. The molecule has 0 spiro atoms. The van der Waals surface area contributed by atoms with E-state index in [-0.39, 0.29) is 26.9 Å². The number of rotatable bonds is 9. The first-order chi connectivity index (χ1) is 16.5. The van der Waals surface area contributed by atoms with Crippen LogP contribution < -0.4 is 10.5 Å². The maximum Gasteiger partial charge on any atom is 0.347 e. The van der Waals surface area contributed by atoms with Gasteiger partial charge in [0.25, 0.3) is 5.91 Å². The van der Waals surface area contributed by atoms with Crippen molar-refractivity contribution in [1.29, 1.82) is 0 Å². The van der Waals surface area contributed by atoms with Crippen LogP contribution >= 0.6 is 11.3 Å². The predicted octanol–water partition coefficient (Wildman–Crippen LogP) is -0.149. The van der Waals surface area contributed by atoms with Crippen LogP contribution in [0, 0.1) is 0 Å². The van der Waals surface area contributed by atoms with Gasteiger partial charge in [-0.25, -0.2) is 26.8 Å². The van der Waals surface area contributed by atoms with Gasteiger partial charge in [0.2, 0.25) is 15.9 Å². The molecule has 1 aliphatic rings. The van der Waals surface area contributed by atoms with Gasteiger partial charge >= 0.3 is 11.9 Å². The van der Waals surface area contributed by atoms with Gasteiger partial charge in [0.05, 0.1) is 17.8 Å². The molecule has 4 atom stereocenters. The molecule has 13 nitrogen and oxygen atoms in total. The first-order valence-electron chi connectivity index (χ1n) is 10.9. The second-order valence-corrected chi connectivity index (χ2v) is 13.6. The first-order valence-corrected chi connectivity index (χ1v) is 14.8. The summed E-state index contributed by atoms with van der Waals surface area (Å²) in [6, 6.07) is 0.406. The number of carbonyl (C=O) groups excluding carboxylic acids is 4. The van der Waals surface area contributed by atoms with Crippen molar-refractivity contribution < 1.29 is 45.5 Å². The van der Waals surface area contributed by atoms with E-state index in [9.17, 15) is 36.0 Å². The van der Waals surface area contributed by atoms with E-state index in [1.54, 1.807) is 6.92 Å². The zero-order valence-electron chi connectivity index (χ0n) is 20.3. The molecule has 3 N–H and O–H groups in total. The lowest BCUT2D eigenvalue weighted by molar-refractivity contribution is -0.170. The van der Waals surface area contributed by atoms with Crippen molar-refractivity contribution >= 4 is 55.0 Å². The number of sulfonamides is 1. The highest BCUT2D eigenvalue weighted by Crippen LogP contribution is 2.44. The van der Waals surface area contributed by atoms with Gasteiger partial charge in [0.1, 0.15) is 8.42 Å². The first kappa shape index (κ1) is 29.7. The summed E-state index contributed by atoms with van der Waals surface area (Å²) >= 11 is 0.542. The number of nitrogens with zero attached hydrogens (tertiary/aromatic N) is 1. The average molecular weight is 568 g/mol. The molecule has 0 unspecified atom stereocenters. The molecule has 2 rings (SSSR count). The predicted molar refractivity (Wildman–Crippen MR) is 127 cm³/mol. The Morgan fingerprint density at radius 1 is 1.22 bits per heavy atom. The lowest BCUT2D eigenvalue weighted by Gasteiger charge is -2.36. The molecule has 0 saturated heterocycles. The summed E-state index contributed by atoms with van der Waals surface area (Å²) in [6.07, 6.45) is -2.49. The van der Waals surface area contributed by atoms with E-state index in [0.717, 1.165) is 6.92 Å². The van der Waals surface area contributed by atoms with E-state index in [1.807, 2.05) is 0 Å². The van der Waals surface area contributed by atoms with Crippen LogP contribution in [0.15, 0.2) is 14.5 Å². The number of sulfone groups is 1. The maximum absolute atomic E-state index is 13.0. The van der Waals surface area contributed by atoms with Gasteiger partial charge in [-0.15, -0.1) is 11.3 Å². The Morgan fingerprint density at radius 3 is 2.36 bits per heavy atom. The molecule has 0 fully saturated rings. The fourth-order valence-electron chi connectivity index (χ4n) is 3.61. The van der Waals surface area contributed by atoms with E-state index in [2.05, 4.69) is 10.1 Å². The van der Waals surface area contributed by atoms with Crippen LogP contribution in [-0.2, 0) is 48.5 Å². The van der Waals surface area contributed by atoms with Crippen LogP contribution in [0.4, 0.5) is 0 Å². The molecule has 36 heavy (non-hydrogen) atoms. The molecule has 1 aromatic rings. The van der Waals surface area contributed by atoms with Crippen molar-refractivity contribution in [2.75, 3.05) is 13.1 Å². The highest BCUT2D eigenvalue weighted by atomic mass is 32.3. The smallest absolute Gasteiger partial charge is 0.347 e. The molecule has 16 heteroatoms. The van der Waals surface area contributed by atoms with Gasteiger partial charge in [0, 0.05) is 19.0 Å². The SMILES string of the molecule is CCN(C(=O)CNC(=O)[C@H](C)OC(=O)[C@H](C)OC(C)=O)[C@H]1C[C@H](C)S(=O)(=O)c2sc(S(N)(=O)=O)cc21. The Labute approximate surface area is 213 Å². The van der Waals surface area contributed by atoms with E-state index < -0.39 is 73.7 Å². The van der Waals surface area contributed by atoms with Gasteiger partial charge in [0.15, 0.2) is 22.0 Å². The van der Waals surface area contributed by atoms with E-state index >= 15 is 0 Å². The summed E-state index contributed by atoms with van der Waals surface area (Å²) in [6.45, 7) is 6.43. The summed E-state index contributed by atoms with van der Waals surface area (Å²) < 4.78 is 58.4. The van der Waals surface area contributed by atoms with Gasteiger partial charge in [-0.2, -0.15) is 0 Å². The van der Waals surface area contributed by atoms with Gasteiger partial charge in [-0.1, -0.05) is 0 Å². The normalized spacial score (nSPS) is 20.4. The van der Waals surface area contributed by atoms with Crippen LogP contribution in [0.3, 0.4) is 0 Å². The Kier molecular flexibility index (Phi) is 9.25. The fourth-order valence-corrected chi connectivity index (χ4v) is 8.00. The molecular formula is C20H29N3O10S3. The molecule has 0 saturated carbocycles. The topological polar surface area (TPSA) is 196 Å². The average Bonchev–Trinajstić information content (AvgIpc) is 3.23. The number of nitrogens with one attached hydrogen (secondary N) is 1. The summed E-state index contributed by atoms with van der Waals surface area (Å²) in [5, 5.41) is 6.66. The highest BCUT2D eigenvalue weighted by molar-refractivity contribution is 7.95. The minimum absolute atomic E-state index is 0.0195. The summed E-state index contributed by atoms with van der Waals surface area (Å²) in [5.41, 5.74) is 0.158. The van der Waals surface area contributed by atoms with Crippen LogP contribution in [0.1, 0.15) is 52.6 Å². The van der Waals surface area contributed by atoms with Crippen molar-refractivity contribution in [1.82, 2.24) is 10.2 Å². The Bertz CT molecular complexity index is 1260. The van der Waals surface area contributed by atoms with Crippen LogP contribution in [0.5, 0.6) is 0 Å². The monoisotopic (exact) mass is 567 g/mol. The number of thiophene rings is 1. The fraction of sp³-hybridized carbons (Fsp3) is 0.600. The van der Waals surface area contributed by atoms with E-state index in [4.69, 9.17) is 9.88 Å². The molecule has 2 amide bonds. The third kappa shape index (κ3) is 6.60. The van der Waals surface area contributed by atoms with Gasteiger partial charge < -0.3 is 19.7 Å². The summed E-state index contributed by atoms with van der Waals surface area (Å²) in [7, 11) is -7.98. The van der Waals surface area contributed by atoms with Crippen molar-refractivity contribution in [3.63, 3.8) is 0 Å². The number of hydrogen-bond donors (Lipinski definition) is 2. The standard InChI is InChI=1S/C20H29N3O10S3/c1-6-23(16(25)9-22-18(26)11(3)33-19(27)12(4)32-13(5)24)15-7-10(2)35(28,29)20-14(15)8-17(34-20)36(21,30)31/h8,10-12,15H,6-7,9H2,1-5H3,(H,22,26)(H2,21,30,31)/t10-,11-,12-,15-/m0/s1. The molecule has 202 valence electrons. The van der Waals surface area contributed by atoms with Crippen molar-refractivity contribution in [3.05, 3.63) is 11.6 Å². The number of esters is 2. The van der Waals surface area contributed by atoms with Gasteiger partial charge in [-0.05, 0) is 40.2 Å². The summed E-state index contributed by atoms with van der Waals surface area (Å²) in [4.78, 5) is 49.5. The number of likely N-dealkylation sites (N-methyl/N-ethyl adjacent to an activating group) is 1. The molecule has 0 radical (unpaired) electrons. The van der Waals surface area contributed by atoms with Gasteiger partial charge in [-0.3, -0.25) is 14.4 Å². The number of amides is 2. The van der Waals surface area contributed by atoms with Crippen LogP contribution in [0.25, 0.3) is 0 Å². The lowest BCUT2D eigenvalue weighted by atomic mass is 10.0. The molecule has 1 aliphatic heterocycles. The van der Waals surface area contributed by atoms with E-state index in [0.29, 0.717) is 11.3 Å². The molecule has 1 aromatic heterocycles. The van der Waals surface area contributed by atoms with Crippen LogP contribution in [-0.4, -0.2) is 76.0 Å². The quantitative estimate of drug-likeness (QED) is 0.379. The second-order valence-electron chi connectivity index (χ2n) is 8.19.